The van der Waals surface area contributed by atoms with Gasteiger partial charge in [0.15, 0.2) is 40.1 Å². The van der Waals surface area contributed by atoms with E-state index in [1.807, 2.05) is 54.1 Å². The van der Waals surface area contributed by atoms with Gasteiger partial charge in [-0.2, -0.15) is 0 Å². The minimum atomic E-state index is -0.366. The number of rotatable bonds is 8. The molecule has 1 unspecified atom stereocenters. The summed E-state index contributed by atoms with van der Waals surface area (Å²) in [6, 6.07) is 13.1. The highest BCUT2D eigenvalue weighted by Crippen LogP contribution is 2.36. The van der Waals surface area contributed by atoms with Crippen molar-refractivity contribution in [3.63, 3.8) is 0 Å². The van der Waals surface area contributed by atoms with Gasteiger partial charge in [0.2, 0.25) is 5.91 Å². The molecular formula is C23H26N4O5S. The van der Waals surface area contributed by atoms with E-state index in [4.69, 9.17) is 18.9 Å². The number of ether oxygens (including phenoxy) is 4. The number of aromatic nitrogens is 3. The third-order valence-corrected chi connectivity index (χ3v) is 6.29. The zero-order valence-corrected chi connectivity index (χ0v) is 19.8. The molecule has 1 aromatic heterocycles. The highest BCUT2D eigenvalue weighted by atomic mass is 32.2. The van der Waals surface area contributed by atoms with E-state index in [-0.39, 0.29) is 17.8 Å². The predicted octanol–water partition coefficient (Wildman–Crippen LogP) is 3.10. The van der Waals surface area contributed by atoms with Gasteiger partial charge in [0.05, 0.1) is 20.0 Å². The molecule has 0 saturated carbocycles. The summed E-state index contributed by atoms with van der Waals surface area (Å²) in [5, 5.41) is 9.16. The number of carbonyl (C=O) groups is 1. The summed E-state index contributed by atoms with van der Waals surface area (Å²) in [5.74, 6) is 3.55. The average Bonchev–Trinajstić information content (AvgIpc) is 3.22. The SMILES string of the molecule is COc1ccc(CN(C)C(=O)CSc2nnc(C3COc4ccccc4O3)n2C)cc1OC. The lowest BCUT2D eigenvalue weighted by Gasteiger charge is -2.25. The number of benzene rings is 2. The number of amides is 1. The minimum Gasteiger partial charge on any atom is -0.493 e. The van der Waals surface area contributed by atoms with E-state index in [2.05, 4.69) is 10.2 Å². The van der Waals surface area contributed by atoms with E-state index in [0.29, 0.717) is 47.1 Å². The summed E-state index contributed by atoms with van der Waals surface area (Å²) in [6.07, 6.45) is -0.366. The molecule has 0 N–H and O–H groups in total. The molecule has 0 spiro atoms. The van der Waals surface area contributed by atoms with Crippen LogP contribution in [0.1, 0.15) is 17.5 Å². The van der Waals surface area contributed by atoms with Crippen LogP contribution in [0.3, 0.4) is 0 Å². The largest absolute Gasteiger partial charge is 0.493 e. The Balaban J connectivity index is 1.35. The maximum atomic E-state index is 12.7. The van der Waals surface area contributed by atoms with Crippen LogP contribution in [0.2, 0.25) is 0 Å². The zero-order chi connectivity index (χ0) is 23.4. The summed E-state index contributed by atoms with van der Waals surface area (Å²) in [7, 11) is 6.81. The standard InChI is InChI=1S/C23H26N4O5S/c1-26(12-15-9-10-16(29-3)19(11-15)30-4)21(28)14-33-23-25-24-22(27(23)2)20-13-31-17-7-5-6-8-18(17)32-20/h5-11,20H,12-14H2,1-4H3. The van der Waals surface area contributed by atoms with Gasteiger partial charge in [-0.1, -0.05) is 30.0 Å². The van der Waals surface area contributed by atoms with Crippen LogP contribution >= 0.6 is 11.8 Å². The van der Waals surface area contributed by atoms with Crippen LogP contribution in [0.5, 0.6) is 23.0 Å². The van der Waals surface area contributed by atoms with Crippen molar-refractivity contribution in [2.24, 2.45) is 7.05 Å². The molecule has 174 valence electrons. The molecule has 1 amide bonds. The topological polar surface area (TPSA) is 87.9 Å². The summed E-state index contributed by atoms with van der Waals surface area (Å²) >= 11 is 1.34. The first-order chi connectivity index (χ1) is 16.0. The molecule has 2 aromatic carbocycles. The molecular weight excluding hydrogens is 444 g/mol. The van der Waals surface area contributed by atoms with Gasteiger partial charge in [0.25, 0.3) is 0 Å². The molecule has 2 heterocycles. The Morgan fingerprint density at radius 3 is 2.67 bits per heavy atom. The number of para-hydroxylation sites is 2. The Kier molecular flexibility index (Phi) is 6.93. The van der Waals surface area contributed by atoms with Crippen molar-refractivity contribution in [3.8, 4) is 23.0 Å². The summed E-state index contributed by atoms with van der Waals surface area (Å²) in [6.45, 7) is 0.803. The second kappa shape index (κ2) is 10.0. The minimum absolute atomic E-state index is 0.0227. The van der Waals surface area contributed by atoms with Gasteiger partial charge in [-0.05, 0) is 29.8 Å². The van der Waals surface area contributed by atoms with Crippen LogP contribution in [-0.2, 0) is 18.4 Å². The first-order valence-electron chi connectivity index (χ1n) is 10.4. The van der Waals surface area contributed by atoms with E-state index < -0.39 is 0 Å². The van der Waals surface area contributed by atoms with Crippen LogP contribution in [0.25, 0.3) is 0 Å². The first-order valence-corrected chi connectivity index (χ1v) is 11.3. The van der Waals surface area contributed by atoms with E-state index in [1.165, 1.54) is 11.8 Å². The van der Waals surface area contributed by atoms with Crippen molar-refractivity contribution in [1.82, 2.24) is 19.7 Å². The van der Waals surface area contributed by atoms with Crippen molar-refractivity contribution in [1.29, 1.82) is 0 Å². The lowest BCUT2D eigenvalue weighted by molar-refractivity contribution is -0.127. The van der Waals surface area contributed by atoms with Gasteiger partial charge >= 0.3 is 0 Å². The van der Waals surface area contributed by atoms with Crippen LogP contribution in [0.15, 0.2) is 47.6 Å². The van der Waals surface area contributed by atoms with Crippen LogP contribution in [0.4, 0.5) is 0 Å². The molecule has 33 heavy (non-hydrogen) atoms. The highest BCUT2D eigenvalue weighted by Gasteiger charge is 2.27. The monoisotopic (exact) mass is 470 g/mol. The maximum Gasteiger partial charge on any atom is 0.233 e. The number of carbonyl (C=O) groups excluding carboxylic acids is 1. The number of hydrogen-bond donors (Lipinski definition) is 0. The molecule has 0 aliphatic carbocycles. The Morgan fingerprint density at radius 2 is 1.91 bits per heavy atom. The van der Waals surface area contributed by atoms with Gasteiger partial charge in [0, 0.05) is 20.6 Å². The van der Waals surface area contributed by atoms with Gasteiger partial charge in [0.1, 0.15) is 6.61 Å². The van der Waals surface area contributed by atoms with Crippen molar-refractivity contribution >= 4 is 17.7 Å². The Labute approximate surface area is 196 Å². The molecule has 0 bridgehead atoms. The average molecular weight is 471 g/mol. The molecule has 9 nitrogen and oxygen atoms in total. The van der Waals surface area contributed by atoms with Crippen molar-refractivity contribution in [2.75, 3.05) is 33.6 Å². The summed E-state index contributed by atoms with van der Waals surface area (Å²) < 4.78 is 24.3. The van der Waals surface area contributed by atoms with Gasteiger partial charge in [-0.3, -0.25) is 4.79 Å². The van der Waals surface area contributed by atoms with E-state index in [0.717, 1.165) is 5.56 Å². The fraction of sp³-hybridized carbons (Fsp3) is 0.348. The number of nitrogens with zero attached hydrogens (tertiary/aromatic N) is 4. The second-order valence-corrected chi connectivity index (χ2v) is 8.43. The maximum absolute atomic E-state index is 12.7. The predicted molar refractivity (Wildman–Crippen MR) is 123 cm³/mol. The van der Waals surface area contributed by atoms with Crippen molar-refractivity contribution < 1.29 is 23.7 Å². The van der Waals surface area contributed by atoms with Crippen molar-refractivity contribution in [2.45, 2.75) is 17.8 Å². The molecule has 3 aromatic rings. The number of thioether (sulfide) groups is 1. The Hall–Kier alpha value is -3.40. The van der Waals surface area contributed by atoms with Crippen LogP contribution in [0, 0.1) is 0 Å². The Morgan fingerprint density at radius 1 is 1.15 bits per heavy atom. The summed E-state index contributed by atoms with van der Waals surface area (Å²) in [4.78, 5) is 14.4. The molecule has 0 radical (unpaired) electrons. The molecule has 4 rings (SSSR count). The zero-order valence-electron chi connectivity index (χ0n) is 19.0. The summed E-state index contributed by atoms with van der Waals surface area (Å²) in [5.41, 5.74) is 0.948. The third-order valence-electron chi connectivity index (χ3n) is 5.28. The van der Waals surface area contributed by atoms with Crippen LogP contribution < -0.4 is 18.9 Å². The lowest BCUT2D eigenvalue weighted by atomic mass is 10.2. The molecule has 0 fully saturated rings. The van der Waals surface area contributed by atoms with E-state index in [1.54, 1.807) is 26.2 Å². The molecule has 1 aliphatic rings. The fourth-order valence-electron chi connectivity index (χ4n) is 3.46. The smallest absolute Gasteiger partial charge is 0.233 e. The lowest BCUT2D eigenvalue weighted by Crippen LogP contribution is -2.28. The highest BCUT2D eigenvalue weighted by molar-refractivity contribution is 7.99. The normalized spacial score (nSPS) is 14.6. The fourth-order valence-corrected chi connectivity index (χ4v) is 4.32. The van der Waals surface area contributed by atoms with Gasteiger partial charge in [-0.15, -0.1) is 10.2 Å². The molecule has 1 atom stereocenters. The van der Waals surface area contributed by atoms with Gasteiger partial charge < -0.3 is 28.4 Å². The van der Waals surface area contributed by atoms with Gasteiger partial charge in [-0.25, -0.2) is 0 Å². The first kappa shape index (κ1) is 22.8. The molecule has 0 saturated heterocycles. The third kappa shape index (κ3) is 5.00. The van der Waals surface area contributed by atoms with Crippen molar-refractivity contribution in [3.05, 3.63) is 53.9 Å². The number of hydrogen-bond acceptors (Lipinski definition) is 8. The van der Waals surface area contributed by atoms with Crippen LogP contribution in [-0.4, -0.2) is 59.2 Å². The quantitative estimate of drug-likeness (QED) is 0.464. The Bertz CT molecular complexity index is 1140. The van der Waals surface area contributed by atoms with E-state index >= 15 is 0 Å². The molecule has 10 heteroatoms. The second-order valence-electron chi connectivity index (χ2n) is 7.49. The number of fused-ring (bicyclic) bond motifs is 1. The number of methoxy groups -OCH3 is 2. The molecule has 1 aliphatic heterocycles. The van der Waals surface area contributed by atoms with E-state index in [9.17, 15) is 4.79 Å².